The van der Waals surface area contributed by atoms with Gasteiger partial charge < -0.3 is 9.64 Å². The lowest BCUT2D eigenvalue weighted by Crippen LogP contribution is -2.42. The highest BCUT2D eigenvalue weighted by Crippen LogP contribution is 2.23. The summed E-state index contributed by atoms with van der Waals surface area (Å²) in [6, 6.07) is 5.48. The van der Waals surface area contributed by atoms with Crippen molar-refractivity contribution in [3.05, 3.63) is 24.4 Å². The number of piperidine rings is 1. The highest BCUT2D eigenvalue weighted by atomic mass is 16.6. The number of anilines is 1. The molecule has 2 aromatic heterocycles. The van der Waals surface area contributed by atoms with Crippen molar-refractivity contribution in [2.45, 2.75) is 45.6 Å². The number of aromatic nitrogens is 4. The van der Waals surface area contributed by atoms with E-state index >= 15 is 0 Å². The first-order valence-corrected chi connectivity index (χ1v) is 9.42. The van der Waals surface area contributed by atoms with E-state index in [0.717, 1.165) is 12.8 Å². The average molecular weight is 386 g/mol. The van der Waals surface area contributed by atoms with Gasteiger partial charge in [0, 0.05) is 25.7 Å². The summed E-state index contributed by atoms with van der Waals surface area (Å²) in [4.78, 5) is 34.6. The van der Waals surface area contributed by atoms with Crippen molar-refractivity contribution in [2.24, 2.45) is 5.92 Å². The lowest BCUT2D eigenvalue weighted by molar-refractivity contribution is -0.117. The van der Waals surface area contributed by atoms with Gasteiger partial charge in [0.25, 0.3) is 0 Å². The zero-order valence-electron chi connectivity index (χ0n) is 16.4. The molecule has 0 bridgehead atoms. The molecule has 0 atom stereocenters. The minimum Gasteiger partial charge on any atom is -0.444 e. The Morgan fingerprint density at radius 1 is 1.29 bits per heavy atom. The molecule has 0 spiro atoms. The van der Waals surface area contributed by atoms with Gasteiger partial charge in [0.1, 0.15) is 11.3 Å². The van der Waals surface area contributed by atoms with Gasteiger partial charge in [-0.15, -0.1) is 5.10 Å². The lowest BCUT2D eigenvalue weighted by Gasteiger charge is -2.33. The van der Waals surface area contributed by atoms with E-state index in [-0.39, 0.29) is 23.9 Å². The summed E-state index contributed by atoms with van der Waals surface area (Å²) >= 11 is 0. The molecule has 3 rings (SSSR count). The van der Waals surface area contributed by atoms with Gasteiger partial charge in [0.05, 0.1) is 0 Å². The van der Waals surface area contributed by atoms with Gasteiger partial charge in [-0.1, -0.05) is 6.07 Å². The summed E-state index contributed by atoms with van der Waals surface area (Å²) in [6.07, 6.45) is 3.27. The van der Waals surface area contributed by atoms with Crippen LogP contribution in [0.3, 0.4) is 0 Å². The van der Waals surface area contributed by atoms with Gasteiger partial charge >= 0.3 is 6.09 Å². The number of carbonyl (C=O) groups excluding carboxylic acids is 2. The van der Waals surface area contributed by atoms with Gasteiger partial charge in [0.15, 0.2) is 5.82 Å². The van der Waals surface area contributed by atoms with Crippen LogP contribution in [0, 0.1) is 5.92 Å². The van der Waals surface area contributed by atoms with Crippen molar-refractivity contribution in [1.29, 1.82) is 0 Å². The molecular formula is C19H26N6O3. The minimum absolute atomic E-state index is 0.137. The maximum absolute atomic E-state index is 12.3. The summed E-state index contributed by atoms with van der Waals surface area (Å²) in [5.41, 5.74) is 0.156. The van der Waals surface area contributed by atoms with E-state index in [1.165, 1.54) is 0 Å². The molecule has 1 aliphatic heterocycles. The number of ether oxygens (including phenoxy) is 1. The highest BCUT2D eigenvalue weighted by Gasteiger charge is 2.28. The fraction of sp³-hybridized carbons (Fsp3) is 0.526. The van der Waals surface area contributed by atoms with Gasteiger partial charge in [-0.2, -0.15) is 4.98 Å². The van der Waals surface area contributed by atoms with E-state index < -0.39 is 5.60 Å². The number of H-pyrrole nitrogens is 1. The smallest absolute Gasteiger partial charge is 0.410 e. The molecule has 1 aliphatic rings. The third-order valence-corrected chi connectivity index (χ3v) is 4.38. The van der Waals surface area contributed by atoms with E-state index in [0.29, 0.717) is 31.0 Å². The van der Waals surface area contributed by atoms with E-state index in [1.54, 1.807) is 11.1 Å². The molecule has 2 N–H and O–H groups in total. The van der Waals surface area contributed by atoms with E-state index in [4.69, 9.17) is 4.74 Å². The molecule has 0 saturated carbocycles. The Kier molecular flexibility index (Phi) is 5.91. The number of aromatic amines is 1. The van der Waals surface area contributed by atoms with Crippen LogP contribution in [-0.4, -0.2) is 55.8 Å². The summed E-state index contributed by atoms with van der Waals surface area (Å²) < 4.78 is 5.39. The van der Waals surface area contributed by atoms with Crippen molar-refractivity contribution in [3.63, 3.8) is 0 Å². The van der Waals surface area contributed by atoms with Crippen LogP contribution >= 0.6 is 0 Å². The Balaban J connectivity index is 1.45. The van der Waals surface area contributed by atoms with Crippen LogP contribution in [0.15, 0.2) is 24.4 Å². The Morgan fingerprint density at radius 2 is 2.04 bits per heavy atom. The maximum Gasteiger partial charge on any atom is 0.410 e. The number of rotatable bonds is 4. The third-order valence-electron chi connectivity index (χ3n) is 4.38. The molecule has 0 unspecified atom stereocenters. The standard InChI is InChI=1S/C19H26N6O3/c1-19(2,3)28-18(27)25-10-7-13(8-11-25)12-15(26)21-17-22-16(23-24-17)14-6-4-5-9-20-14/h4-6,9,13H,7-8,10-12H2,1-3H3,(H2,21,22,23,24,26). The van der Waals surface area contributed by atoms with E-state index in [9.17, 15) is 9.59 Å². The monoisotopic (exact) mass is 386 g/mol. The molecule has 0 aromatic carbocycles. The maximum atomic E-state index is 12.3. The quantitative estimate of drug-likeness (QED) is 0.835. The Labute approximate surface area is 163 Å². The third kappa shape index (κ3) is 5.51. The zero-order valence-corrected chi connectivity index (χ0v) is 16.4. The summed E-state index contributed by atoms with van der Waals surface area (Å²) in [5.74, 6) is 0.814. The predicted molar refractivity (Wildman–Crippen MR) is 103 cm³/mol. The molecule has 9 heteroatoms. The minimum atomic E-state index is -0.501. The lowest BCUT2D eigenvalue weighted by atomic mass is 9.93. The second-order valence-corrected chi connectivity index (χ2v) is 7.89. The zero-order chi connectivity index (χ0) is 20.1. The molecule has 2 aromatic rings. The molecule has 0 radical (unpaired) electrons. The summed E-state index contributed by atoms with van der Waals surface area (Å²) in [6.45, 7) is 6.74. The van der Waals surface area contributed by atoms with Crippen molar-refractivity contribution >= 4 is 17.9 Å². The van der Waals surface area contributed by atoms with Crippen molar-refractivity contribution in [2.75, 3.05) is 18.4 Å². The fourth-order valence-electron chi connectivity index (χ4n) is 3.02. The molecular weight excluding hydrogens is 360 g/mol. The second kappa shape index (κ2) is 8.37. The van der Waals surface area contributed by atoms with Crippen LogP contribution in [0.1, 0.15) is 40.0 Å². The molecule has 3 heterocycles. The van der Waals surface area contributed by atoms with Crippen LogP contribution in [0.5, 0.6) is 0 Å². The number of nitrogens with one attached hydrogen (secondary N) is 2. The molecule has 2 amide bonds. The number of hydrogen-bond donors (Lipinski definition) is 2. The number of amides is 2. The molecule has 0 aliphatic carbocycles. The molecule has 1 saturated heterocycles. The van der Waals surface area contributed by atoms with E-state index in [1.807, 2.05) is 39.0 Å². The Hall–Kier alpha value is -2.97. The summed E-state index contributed by atoms with van der Waals surface area (Å²) in [5, 5.41) is 9.51. The van der Waals surface area contributed by atoms with E-state index in [2.05, 4.69) is 25.5 Å². The van der Waals surface area contributed by atoms with Gasteiger partial charge in [-0.05, 0) is 51.7 Å². The van der Waals surface area contributed by atoms with Gasteiger partial charge in [-0.25, -0.2) is 4.79 Å². The van der Waals surface area contributed by atoms with Crippen molar-refractivity contribution in [3.8, 4) is 11.5 Å². The number of pyridine rings is 1. The van der Waals surface area contributed by atoms with Crippen LogP contribution in [0.25, 0.3) is 11.5 Å². The molecule has 1 fully saturated rings. The topological polar surface area (TPSA) is 113 Å². The second-order valence-electron chi connectivity index (χ2n) is 7.89. The van der Waals surface area contributed by atoms with Crippen LogP contribution in [-0.2, 0) is 9.53 Å². The number of nitrogens with zero attached hydrogens (tertiary/aromatic N) is 4. The Bertz CT molecular complexity index is 807. The first-order valence-electron chi connectivity index (χ1n) is 9.42. The largest absolute Gasteiger partial charge is 0.444 e. The highest BCUT2D eigenvalue weighted by molar-refractivity contribution is 5.89. The number of likely N-dealkylation sites (tertiary alicyclic amines) is 1. The molecule has 150 valence electrons. The van der Waals surface area contributed by atoms with Crippen LogP contribution in [0.2, 0.25) is 0 Å². The predicted octanol–water partition coefficient (Wildman–Crippen LogP) is 2.84. The van der Waals surface area contributed by atoms with Gasteiger partial charge in [0.2, 0.25) is 11.9 Å². The SMILES string of the molecule is CC(C)(C)OC(=O)N1CCC(CC(=O)Nc2n[nH]c(-c3ccccn3)n2)CC1. The number of hydrogen-bond acceptors (Lipinski definition) is 6. The Morgan fingerprint density at radius 3 is 2.68 bits per heavy atom. The normalized spacial score (nSPS) is 15.3. The van der Waals surface area contributed by atoms with Gasteiger partial charge in [-0.3, -0.25) is 20.2 Å². The van der Waals surface area contributed by atoms with Crippen LogP contribution < -0.4 is 5.32 Å². The van der Waals surface area contributed by atoms with Crippen molar-refractivity contribution < 1.29 is 14.3 Å². The first-order chi connectivity index (χ1) is 13.3. The summed E-state index contributed by atoms with van der Waals surface area (Å²) in [7, 11) is 0. The van der Waals surface area contributed by atoms with Crippen LogP contribution in [0.4, 0.5) is 10.7 Å². The molecule has 9 nitrogen and oxygen atoms in total. The molecule has 28 heavy (non-hydrogen) atoms. The number of carbonyl (C=O) groups is 2. The average Bonchev–Trinajstić information content (AvgIpc) is 3.10. The first kappa shape index (κ1) is 19.8. The fourth-order valence-corrected chi connectivity index (χ4v) is 3.02. The van der Waals surface area contributed by atoms with Crippen molar-refractivity contribution in [1.82, 2.24) is 25.1 Å².